The van der Waals surface area contributed by atoms with Gasteiger partial charge in [0.25, 0.3) is 0 Å². The molecule has 0 atom stereocenters. The lowest BCUT2D eigenvalue weighted by Crippen LogP contribution is -2.04. The van der Waals surface area contributed by atoms with Gasteiger partial charge in [-0.05, 0) is 29.8 Å². The summed E-state index contributed by atoms with van der Waals surface area (Å²) in [6.45, 7) is 0.662. The Bertz CT molecular complexity index is 915. The summed E-state index contributed by atoms with van der Waals surface area (Å²) in [6, 6.07) is 21.6. The molecule has 0 saturated heterocycles. The lowest BCUT2D eigenvalue weighted by atomic mass is 10.2. The first kappa shape index (κ1) is 15.9. The summed E-state index contributed by atoms with van der Waals surface area (Å²) in [5.41, 5.74) is 3.72. The molecule has 1 aromatic carbocycles. The molecule has 5 nitrogen and oxygen atoms in total. The zero-order valence-electron chi connectivity index (χ0n) is 14.1. The van der Waals surface area contributed by atoms with Gasteiger partial charge in [0, 0.05) is 36.8 Å². The van der Waals surface area contributed by atoms with E-state index in [1.165, 1.54) is 0 Å². The Hall–Kier alpha value is -3.60. The van der Waals surface area contributed by atoms with Crippen molar-refractivity contribution in [3.05, 3.63) is 90.9 Å². The molecule has 4 aromatic rings. The van der Waals surface area contributed by atoms with Gasteiger partial charge in [-0.1, -0.05) is 36.4 Å². The van der Waals surface area contributed by atoms with E-state index in [0.717, 1.165) is 28.3 Å². The fourth-order valence-corrected chi connectivity index (χ4v) is 2.59. The van der Waals surface area contributed by atoms with E-state index in [9.17, 15) is 0 Å². The minimum absolute atomic E-state index is 0.662. The first-order chi connectivity index (χ1) is 12.9. The maximum Gasteiger partial charge on any atom is 0.162 e. The van der Waals surface area contributed by atoms with Gasteiger partial charge >= 0.3 is 0 Å². The second kappa shape index (κ2) is 7.53. The van der Waals surface area contributed by atoms with Crippen LogP contribution in [-0.2, 0) is 6.54 Å². The van der Waals surface area contributed by atoms with Crippen LogP contribution in [0.15, 0.2) is 85.3 Å². The Kier molecular flexibility index (Phi) is 4.60. The molecular weight excluding hydrogens is 322 g/mol. The molecule has 5 heteroatoms. The number of hydrogen-bond donors (Lipinski definition) is 1. The van der Waals surface area contributed by atoms with Crippen molar-refractivity contribution in [3.8, 4) is 22.8 Å². The van der Waals surface area contributed by atoms with Crippen LogP contribution in [0, 0.1) is 0 Å². The van der Waals surface area contributed by atoms with Crippen LogP contribution in [0.3, 0.4) is 0 Å². The lowest BCUT2D eigenvalue weighted by Gasteiger charge is -2.10. The quantitative estimate of drug-likeness (QED) is 0.590. The van der Waals surface area contributed by atoms with Crippen molar-refractivity contribution < 1.29 is 0 Å². The maximum absolute atomic E-state index is 4.71. The SMILES string of the molecule is c1ccc(-c2nc(NCc3ccncc3)cc(-c3ccccn3)n2)cc1. The number of hydrogen-bond acceptors (Lipinski definition) is 5. The predicted molar refractivity (Wildman–Crippen MR) is 102 cm³/mol. The van der Waals surface area contributed by atoms with Crippen molar-refractivity contribution in [1.29, 1.82) is 0 Å². The molecule has 0 aliphatic heterocycles. The fraction of sp³-hybridized carbons (Fsp3) is 0.0476. The van der Waals surface area contributed by atoms with Gasteiger partial charge in [-0.2, -0.15) is 0 Å². The standard InChI is InChI=1S/C21H17N5/c1-2-6-17(7-3-1)21-25-19(18-8-4-5-11-23-18)14-20(26-21)24-15-16-9-12-22-13-10-16/h1-14H,15H2,(H,24,25,26). The van der Waals surface area contributed by atoms with Gasteiger partial charge in [-0.25, -0.2) is 9.97 Å². The molecule has 0 bridgehead atoms. The molecule has 0 aliphatic rings. The molecule has 4 rings (SSSR count). The first-order valence-electron chi connectivity index (χ1n) is 8.37. The van der Waals surface area contributed by atoms with Crippen molar-refractivity contribution in [3.63, 3.8) is 0 Å². The first-order valence-corrected chi connectivity index (χ1v) is 8.37. The third kappa shape index (κ3) is 3.72. The summed E-state index contributed by atoms with van der Waals surface area (Å²) in [6.07, 6.45) is 5.33. The molecule has 0 saturated carbocycles. The van der Waals surface area contributed by atoms with E-state index in [-0.39, 0.29) is 0 Å². The van der Waals surface area contributed by atoms with Crippen LogP contribution in [0.1, 0.15) is 5.56 Å². The van der Waals surface area contributed by atoms with Gasteiger partial charge in [0.1, 0.15) is 5.82 Å². The largest absolute Gasteiger partial charge is 0.366 e. The molecule has 126 valence electrons. The van der Waals surface area contributed by atoms with Gasteiger partial charge < -0.3 is 5.32 Å². The van der Waals surface area contributed by atoms with Crippen molar-refractivity contribution in [2.24, 2.45) is 0 Å². The topological polar surface area (TPSA) is 63.6 Å². The maximum atomic E-state index is 4.71. The Balaban J connectivity index is 1.70. The monoisotopic (exact) mass is 339 g/mol. The highest BCUT2D eigenvalue weighted by Gasteiger charge is 2.09. The van der Waals surface area contributed by atoms with Crippen LogP contribution in [0.5, 0.6) is 0 Å². The van der Waals surface area contributed by atoms with Crippen LogP contribution in [0.2, 0.25) is 0 Å². The Morgan fingerprint density at radius 2 is 1.54 bits per heavy atom. The number of aromatic nitrogens is 4. The Labute approximate surface area is 151 Å². The molecule has 0 fully saturated rings. The molecule has 0 unspecified atom stereocenters. The average Bonchev–Trinajstić information content (AvgIpc) is 2.74. The van der Waals surface area contributed by atoms with Gasteiger partial charge in [0.2, 0.25) is 0 Å². The molecule has 0 radical (unpaired) electrons. The highest BCUT2D eigenvalue weighted by atomic mass is 15.0. The van der Waals surface area contributed by atoms with Crippen LogP contribution >= 0.6 is 0 Å². The molecule has 3 aromatic heterocycles. The van der Waals surface area contributed by atoms with Gasteiger partial charge in [-0.15, -0.1) is 0 Å². The van der Waals surface area contributed by atoms with Crippen LogP contribution in [0.25, 0.3) is 22.8 Å². The number of anilines is 1. The minimum atomic E-state index is 0.662. The zero-order valence-corrected chi connectivity index (χ0v) is 14.1. The highest BCUT2D eigenvalue weighted by Crippen LogP contribution is 2.23. The Morgan fingerprint density at radius 1 is 0.731 bits per heavy atom. The van der Waals surface area contributed by atoms with Crippen LogP contribution in [-0.4, -0.2) is 19.9 Å². The van der Waals surface area contributed by atoms with Crippen molar-refractivity contribution in [2.45, 2.75) is 6.54 Å². The smallest absolute Gasteiger partial charge is 0.162 e. The van der Waals surface area contributed by atoms with E-state index >= 15 is 0 Å². The number of nitrogens with one attached hydrogen (secondary N) is 1. The summed E-state index contributed by atoms with van der Waals surface area (Å²) >= 11 is 0. The molecule has 1 N–H and O–H groups in total. The second-order valence-corrected chi connectivity index (χ2v) is 5.75. The van der Waals surface area contributed by atoms with E-state index in [4.69, 9.17) is 4.98 Å². The molecular formula is C21H17N5. The number of rotatable bonds is 5. The molecule has 0 spiro atoms. The van der Waals surface area contributed by atoms with E-state index in [1.54, 1.807) is 18.6 Å². The van der Waals surface area contributed by atoms with Crippen molar-refractivity contribution in [1.82, 2.24) is 19.9 Å². The van der Waals surface area contributed by atoms with Crippen LogP contribution in [0.4, 0.5) is 5.82 Å². The molecule has 26 heavy (non-hydrogen) atoms. The van der Waals surface area contributed by atoms with Gasteiger partial charge in [-0.3, -0.25) is 9.97 Å². The summed E-state index contributed by atoms with van der Waals surface area (Å²) in [4.78, 5) is 17.8. The summed E-state index contributed by atoms with van der Waals surface area (Å²) in [5, 5.41) is 3.37. The van der Waals surface area contributed by atoms with Crippen LogP contribution < -0.4 is 5.32 Å². The second-order valence-electron chi connectivity index (χ2n) is 5.75. The minimum Gasteiger partial charge on any atom is -0.366 e. The van der Waals surface area contributed by atoms with Crippen molar-refractivity contribution >= 4 is 5.82 Å². The fourth-order valence-electron chi connectivity index (χ4n) is 2.59. The number of pyridine rings is 2. The van der Waals surface area contributed by atoms with E-state index in [0.29, 0.717) is 12.4 Å². The molecule has 3 heterocycles. The van der Waals surface area contributed by atoms with Crippen molar-refractivity contribution in [2.75, 3.05) is 5.32 Å². The van der Waals surface area contributed by atoms with Gasteiger partial charge in [0.15, 0.2) is 5.82 Å². The third-order valence-corrected chi connectivity index (χ3v) is 3.91. The Morgan fingerprint density at radius 3 is 2.31 bits per heavy atom. The average molecular weight is 339 g/mol. The van der Waals surface area contributed by atoms with E-state index in [1.807, 2.05) is 66.7 Å². The summed E-state index contributed by atoms with van der Waals surface area (Å²) in [7, 11) is 0. The van der Waals surface area contributed by atoms with E-state index < -0.39 is 0 Å². The zero-order chi connectivity index (χ0) is 17.6. The molecule has 0 aliphatic carbocycles. The summed E-state index contributed by atoms with van der Waals surface area (Å²) < 4.78 is 0. The van der Waals surface area contributed by atoms with E-state index in [2.05, 4.69) is 20.3 Å². The third-order valence-electron chi connectivity index (χ3n) is 3.91. The normalized spacial score (nSPS) is 10.5. The number of benzene rings is 1. The summed E-state index contributed by atoms with van der Waals surface area (Å²) in [5.74, 6) is 1.43. The molecule has 0 amide bonds. The lowest BCUT2D eigenvalue weighted by molar-refractivity contribution is 1.08. The predicted octanol–water partition coefficient (Wildman–Crippen LogP) is 4.21. The van der Waals surface area contributed by atoms with Gasteiger partial charge in [0.05, 0.1) is 11.4 Å². The highest BCUT2D eigenvalue weighted by molar-refractivity contribution is 5.65. The number of nitrogens with zero attached hydrogens (tertiary/aromatic N) is 4.